The minimum atomic E-state index is 0.811. The molecule has 0 saturated heterocycles. The summed E-state index contributed by atoms with van der Waals surface area (Å²) in [7, 11) is 2.05. The van der Waals surface area contributed by atoms with Crippen molar-refractivity contribution in [2.24, 2.45) is 0 Å². The molecule has 0 amide bonds. The van der Waals surface area contributed by atoms with Gasteiger partial charge in [-0.2, -0.15) is 0 Å². The van der Waals surface area contributed by atoms with E-state index in [0.717, 1.165) is 13.1 Å². The van der Waals surface area contributed by atoms with Crippen LogP contribution >= 0.6 is 0 Å². The third kappa shape index (κ3) is 3.73. The number of hydrogen-bond acceptors (Lipinski definition) is 2. The van der Waals surface area contributed by atoms with Crippen molar-refractivity contribution in [3.05, 3.63) is 30.1 Å². The Morgan fingerprint density at radius 2 is 2.38 bits per heavy atom. The number of pyridine rings is 1. The van der Waals surface area contributed by atoms with Gasteiger partial charge in [-0.1, -0.05) is 12.0 Å². The molecular formula is C11H14N2. The highest BCUT2D eigenvalue weighted by Gasteiger charge is 1.96. The van der Waals surface area contributed by atoms with E-state index in [9.17, 15) is 0 Å². The summed E-state index contributed by atoms with van der Waals surface area (Å²) in [5.41, 5.74) is 1.22. The SMILES string of the molecule is CC#CCN(C)Cc1cccnc1. The number of nitrogens with zero attached hydrogens (tertiary/aromatic N) is 2. The molecule has 0 radical (unpaired) electrons. The Morgan fingerprint density at radius 1 is 1.54 bits per heavy atom. The fourth-order valence-electron chi connectivity index (χ4n) is 1.07. The summed E-state index contributed by atoms with van der Waals surface area (Å²) < 4.78 is 0. The normalized spacial score (nSPS) is 9.46. The molecule has 1 heterocycles. The molecule has 2 nitrogen and oxygen atoms in total. The molecule has 0 aliphatic carbocycles. The highest BCUT2D eigenvalue weighted by molar-refractivity contribution is 5.08. The van der Waals surface area contributed by atoms with Crippen LogP contribution in [0.4, 0.5) is 0 Å². The first-order valence-electron chi connectivity index (χ1n) is 4.30. The summed E-state index contributed by atoms with van der Waals surface area (Å²) >= 11 is 0. The molecule has 68 valence electrons. The molecule has 1 aromatic rings. The van der Waals surface area contributed by atoms with E-state index in [1.54, 1.807) is 6.20 Å². The molecule has 0 aliphatic rings. The van der Waals surface area contributed by atoms with E-state index in [4.69, 9.17) is 0 Å². The average Bonchev–Trinajstić information content (AvgIpc) is 2.16. The predicted molar refractivity (Wildman–Crippen MR) is 54.0 cm³/mol. The van der Waals surface area contributed by atoms with Crippen molar-refractivity contribution in [1.29, 1.82) is 0 Å². The van der Waals surface area contributed by atoms with E-state index in [1.807, 2.05) is 19.2 Å². The fourth-order valence-corrected chi connectivity index (χ4v) is 1.07. The molecule has 0 aromatic carbocycles. The van der Waals surface area contributed by atoms with Gasteiger partial charge >= 0.3 is 0 Å². The van der Waals surface area contributed by atoms with Gasteiger partial charge in [0.1, 0.15) is 0 Å². The Morgan fingerprint density at radius 3 is 3.00 bits per heavy atom. The van der Waals surface area contributed by atoms with Gasteiger partial charge in [-0.25, -0.2) is 0 Å². The molecule has 1 aromatic heterocycles. The maximum atomic E-state index is 4.06. The van der Waals surface area contributed by atoms with Crippen LogP contribution in [0.1, 0.15) is 12.5 Å². The molecular weight excluding hydrogens is 160 g/mol. The summed E-state index contributed by atoms with van der Waals surface area (Å²) in [5, 5.41) is 0. The fraction of sp³-hybridized carbons (Fsp3) is 0.364. The first kappa shape index (κ1) is 9.76. The maximum Gasteiger partial charge on any atom is 0.0601 e. The van der Waals surface area contributed by atoms with E-state index in [-0.39, 0.29) is 0 Å². The van der Waals surface area contributed by atoms with Crippen LogP contribution in [0.25, 0.3) is 0 Å². The molecule has 0 aliphatic heterocycles. The van der Waals surface area contributed by atoms with Crippen LogP contribution in [-0.2, 0) is 6.54 Å². The Labute approximate surface area is 79.6 Å². The Kier molecular flexibility index (Phi) is 4.01. The summed E-state index contributed by atoms with van der Waals surface area (Å²) in [6.07, 6.45) is 3.67. The molecule has 1 rings (SSSR count). The zero-order valence-corrected chi connectivity index (χ0v) is 8.12. The van der Waals surface area contributed by atoms with Crippen LogP contribution in [0, 0.1) is 11.8 Å². The van der Waals surface area contributed by atoms with Crippen LogP contribution in [0.5, 0.6) is 0 Å². The summed E-state index contributed by atoms with van der Waals surface area (Å²) in [4.78, 5) is 6.22. The Bertz CT molecular complexity index is 295. The number of aromatic nitrogens is 1. The van der Waals surface area contributed by atoms with Gasteiger partial charge in [0.05, 0.1) is 6.54 Å². The van der Waals surface area contributed by atoms with Crippen LogP contribution < -0.4 is 0 Å². The van der Waals surface area contributed by atoms with Crippen molar-refractivity contribution in [1.82, 2.24) is 9.88 Å². The van der Waals surface area contributed by atoms with Crippen molar-refractivity contribution in [3.8, 4) is 11.8 Å². The molecule has 0 atom stereocenters. The second-order valence-corrected chi connectivity index (χ2v) is 2.96. The maximum absolute atomic E-state index is 4.06. The van der Waals surface area contributed by atoms with E-state index < -0.39 is 0 Å². The van der Waals surface area contributed by atoms with Gasteiger partial charge < -0.3 is 0 Å². The van der Waals surface area contributed by atoms with Gasteiger partial charge in [0.25, 0.3) is 0 Å². The lowest BCUT2D eigenvalue weighted by molar-refractivity contribution is 0.368. The lowest BCUT2D eigenvalue weighted by atomic mass is 10.3. The standard InChI is InChI=1S/C11H14N2/c1-3-4-8-13(2)10-11-6-5-7-12-9-11/h5-7,9H,8,10H2,1-2H3. The first-order chi connectivity index (χ1) is 6.33. The van der Waals surface area contributed by atoms with E-state index in [1.165, 1.54) is 5.56 Å². The van der Waals surface area contributed by atoms with Gasteiger partial charge in [-0.15, -0.1) is 5.92 Å². The topological polar surface area (TPSA) is 16.1 Å². The third-order valence-corrected chi connectivity index (χ3v) is 1.70. The average molecular weight is 174 g/mol. The van der Waals surface area contributed by atoms with Gasteiger partial charge in [-0.3, -0.25) is 9.88 Å². The molecule has 2 heteroatoms. The van der Waals surface area contributed by atoms with Crippen molar-refractivity contribution >= 4 is 0 Å². The molecule has 0 fully saturated rings. The monoisotopic (exact) mass is 174 g/mol. The van der Waals surface area contributed by atoms with E-state index in [0.29, 0.717) is 0 Å². The molecule has 0 spiro atoms. The van der Waals surface area contributed by atoms with Crippen molar-refractivity contribution < 1.29 is 0 Å². The van der Waals surface area contributed by atoms with Gasteiger partial charge in [0.15, 0.2) is 0 Å². The first-order valence-corrected chi connectivity index (χ1v) is 4.30. The van der Waals surface area contributed by atoms with Crippen molar-refractivity contribution in [3.63, 3.8) is 0 Å². The van der Waals surface area contributed by atoms with Crippen LogP contribution in [0.3, 0.4) is 0 Å². The summed E-state index contributed by atoms with van der Waals surface area (Å²) in [5.74, 6) is 5.90. The van der Waals surface area contributed by atoms with Crippen LogP contribution in [0.15, 0.2) is 24.5 Å². The van der Waals surface area contributed by atoms with E-state index >= 15 is 0 Å². The zero-order valence-electron chi connectivity index (χ0n) is 8.12. The lowest BCUT2D eigenvalue weighted by Crippen LogP contribution is -2.17. The van der Waals surface area contributed by atoms with Crippen LogP contribution in [-0.4, -0.2) is 23.5 Å². The van der Waals surface area contributed by atoms with Crippen molar-refractivity contribution in [2.45, 2.75) is 13.5 Å². The quantitative estimate of drug-likeness (QED) is 0.646. The second kappa shape index (κ2) is 5.34. The van der Waals surface area contributed by atoms with Gasteiger partial charge in [0.2, 0.25) is 0 Å². The molecule has 0 N–H and O–H groups in total. The second-order valence-electron chi connectivity index (χ2n) is 2.96. The van der Waals surface area contributed by atoms with Gasteiger partial charge in [0, 0.05) is 18.9 Å². The van der Waals surface area contributed by atoms with Gasteiger partial charge in [-0.05, 0) is 25.6 Å². The largest absolute Gasteiger partial charge is 0.291 e. The molecule has 0 saturated carbocycles. The van der Waals surface area contributed by atoms with Crippen molar-refractivity contribution in [2.75, 3.05) is 13.6 Å². The molecule has 13 heavy (non-hydrogen) atoms. The summed E-state index contributed by atoms with van der Waals surface area (Å²) in [6.45, 7) is 3.58. The minimum Gasteiger partial charge on any atom is -0.291 e. The molecule has 0 unspecified atom stereocenters. The predicted octanol–water partition coefficient (Wildman–Crippen LogP) is 1.54. The number of rotatable bonds is 3. The highest BCUT2D eigenvalue weighted by atomic mass is 15.1. The van der Waals surface area contributed by atoms with E-state index in [2.05, 4.69) is 34.8 Å². The smallest absolute Gasteiger partial charge is 0.0601 e. The lowest BCUT2D eigenvalue weighted by Gasteiger charge is -2.12. The van der Waals surface area contributed by atoms with Crippen LogP contribution in [0.2, 0.25) is 0 Å². The third-order valence-electron chi connectivity index (χ3n) is 1.70. The summed E-state index contributed by atoms with van der Waals surface area (Å²) in [6, 6.07) is 4.03. The number of hydrogen-bond donors (Lipinski definition) is 0. The Hall–Kier alpha value is -1.33. The molecule has 0 bridgehead atoms. The Balaban J connectivity index is 2.44. The highest BCUT2D eigenvalue weighted by Crippen LogP contribution is 1.99. The zero-order chi connectivity index (χ0) is 9.52. The minimum absolute atomic E-state index is 0.811.